The molecule has 9 heteroatoms. The summed E-state index contributed by atoms with van der Waals surface area (Å²) < 4.78 is 10.3. The van der Waals surface area contributed by atoms with Crippen molar-refractivity contribution in [3.8, 4) is 0 Å². The number of nitrogens with one attached hydrogen (secondary N) is 2. The monoisotopic (exact) mass is 446 g/mol. The molecule has 2 N–H and O–H groups in total. The van der Waals surface area contributed by atoms with Crippen molar-refractivity contribution in [2.24, 2.45) is 11.8 Å². The molecule has 0 spiro atoms. The highest BCUT2D eigenvalue weighted by Crippen LogP contribution is 2.34. The van der Waals surface area contributed by atoms with Crippen molar-refractivity contribution in [2.45, 2.75) is 64.3 Å². The Bertz CT molecular complexity index is 897. The van der Waals surface area contributed by atoms with Crippen molar-refractivity contribution >= 4 is 28.3 Å². The SMILES string of the molecule is Cc1nocc1C(=O)N[C@H](C(=O)Nc1ncc(C2CCOCC2)s1)[C@H]1CC[C@H](C)CC1. The molecule has 0 radical (unpaired) electrons. The predicted molar refractivity (Wildman–Crippen MR) is 117 cm³/mol. The molecule has 2 fully saturated rings. The molecule has 1 saturated heterocycles. The van der Waals surface area contributed by atoms with Crippen LogP contribution in [-0.4, -0.2) is 41.2 Å². The van der Waals surface area contributed by atoms with Crippen LogP contribution in [0.3, 0.4) is 0 Å². The van der Waals surface area contributed by atoms with Crippen LogP contribution in [0.5, 0.6) is 0 Å². The average molecular weight is 447 g/mol. The summed E-state index contributed by atoms with van der Waals surface area (Å²) in [6.07, 6.45) is 9.07. The van der Waals surface area contributed by atoms with E-state index in [0.717, 1.165) is 51.7 Å². The number of hydrogen-bond donors (Lipinski definition) is 2. The molecule has 0 unspecified atom stereocenters. The number of amides is 2. The van der Waals surface area contributed by atoms with E-state index in [4.69, 9.17) is 9.26 Å². The average Bonchev–Trinajstić information content (AvgIpc) is 3.42. The maximum atomic E-state index is 13.3. The predicted octanol–water partition coefficient (Wildman–Crippen LogP) is 3.90. The summed E-state index contributed by atoms with van der Waals surface area (Å²) in [5.74, 6) is 0.630. The van der Waals surface area contributed by atoms with Gasteiger partial charge in [0, 0.05) is 24.3 Å². The zero-order valence-electron chi connectivity index (χ0n) is 18.1. The summed E-state index contributed by atoms with van der Waals surface area (Å²) in [6.45, 7) is 5.47. The second-order valence-corrected chi connectivity index (χ2v) is 9.79. The van der Waals surface area contributed by atoms with Crippen LogP contribution in [0.4, 0.5) is 5.13 Å². The van der Waals surface area contributed by atoms with E-state index in [1.165, 1.54) is 22.5 Å². The lowest BCUT2D eigenvalue weighted by molar-refractivity contribution is -0.119. The Kier molecular flexibility index (Phi) is 7.02. The first-order valence-electron chi connectivity index (χ1n) is 11.1. The van der Waals surface area contributed by atoms with Gasteiger partial charge in [-0.1, -0.05) is 24.9 Å². The molecule has 31 heavy (non-hydrogen) atoms. The Hall–Kier alpha value is -2.26. The standard InChI is InChI=1S/C22H30N4O4S/c1-13-3-5-16(6-4-13)19(24-20(27)17-12-30-26-14(17)2)21(28)25-22-23-11-18(31-22)15-7-9-29-10-8-15/h11-13,15-16,19H,3-10H2,1-2H3,(H,24,27)(H,23,25,28)/t13-,16-,19-/m0/s1. The van der Waals surface area contributed by atoms with Gasteiger partial charge in [-0.2, -0.15) is 0 Å². The van der Waals surface area contributed by atoms with Crippen LogP contribution >= 0.6 is 11.3 Å². The third-order valence-corrected chi connectivity index (χ3v) is 7.55. The van der Waals surface area contributed by atoms with E-state index < -0.39 is 6.04 Å². The van der Waals surface area contributed by atoms with E-state index >= 15 is 0 Å². The molecule has 168 valence electrons. The molecule has 1 saturated carbocycles. The molecule has 0 bridgehead atoms. The van der Waals surface area contributed by atoms with Gasteiger partial charge >= 0.3 is 0 Å². The Labute approximate surface area is 186 Å². The van der Waals surface area contributed by atoms with E-state index in [1.54, 1.807) is 6.92 Å². The van der Waals surface area contributed by atoms with Crippen molar-refractivity contribution in [2.75, 3.05) is 18.5 Å². The minimum atomic E-state index is -0.621. The van der Waals surface area contributed by atoms with Gasteiger partial charge in [0.25, 0.3) is 5.91 Å². The highest BCUT2D eigenvalue weighted by atomic mass is 32.1. The first-order valence-corrected chi connectivity index (χ1v) is 11.9. The Morgan fingerprint density at radius 1 is 1.16 bits per heavy atom. The second kappa shape index (κ2) is 9.91. The summed E-state index contributed by atoms with van der Waals surface area (Å²) >= 11 is 1.51. The summed E-state index contributed by atoms with van der Waals surface area (Å²) in [5.41, 5.74) is 0.869. The molecule has 2 aromatic rings. The minimum absolute atomic E-state index is 0.0928. The third kappa shape index (κ3) is 5.33. The number of nitrogens with zero attached hydrogens (tertiary/aromatic N) is 2. The van der Waals surface area contributed by atoms with E-state index in [1.807, 2.05) is 6.20 Å². The van der Waals surface area contributed by atoms with Crippen molar-refractivity contribution in [3.05, 3.63) is 28.6 Å². The zero-order valence-corrected chi connectivity index (χ0v) is 18.9. The summed E-state index contributed by atoms with van der Waals surface area (Å²) in [5, 5.41) is 10.3. The number of thiazole rings is 1. The Balaban J connectivity index is 1.46. The molecule has 0 aromatic carbocycles. The molecule has 1 aliphatic heterocycles. The Morgan fingerprint density at radius 3 is 2.58 bits per heavy atom. The molecule has 4 rings (SSSR count). The van der Waals surface area contributed by atoms with E-state index in [9.17, 15) is 9.59 Å². The number of rotatable bonds is 6. The number of ether oxygens (including phenoxy) is 1. The van der Waals surface area contributed by atoms with Crippen molar-refractivity contribution < 1.29 is 18.8 Å². The van der Waals surface area contributed by atoms with Gasteiger partial charge in [-0.05, 0) is 50.4 Å². The van der Waals surface area contributed by atoms with Gasteiger partial charge in [-0.25, -0.2) is 4.98 Å². The normalized spacial score (nSPS) is 23.3. The van der Waals surface area contributed by atoms with Crippen molar-refractivity contribution in [1.29, 1.82) is 0 Å². The van der Waals surface area contributed by atoms with Crippen LogP contribution in [0.2, 0.25) is 0 Å². The van der Waals surface area contributed by atoms with E-state index in [0.29, 0.717) is 28.2 Å². The van der Waals surface area contributed by atoms with Crippen molar-refractivity contribution in [3.63, 3.8) is 0 Å². The van der Waals surface area contributed by atoms with Gasteiger partial charge in [0.05, 0.1) is 5.69 Å². The highest BCUT2D eigenvalue weighted by Gasteiger charge is 2.34. The maximum Gasteiger partial charge on any atom is 0.257 e. The molecular formula is C22H30N4O4S. The lowest BCUT2D eigenvalue weighted by atomic mass is 9.79. The van der Waals surface area contributed by atoms with E-state index in [-0.39, 0.29) is 17.7 Å². The minimum Gasteiger partial charge on any atom is -0.381 e. The largest absolute Gasteiger partial charge is 0.381 e. The lowest BCUT2D eigenvalue weighted by Crippen LogP contribution is -2.49. The summed E-state index contributed by atoms with van der Waals surface area (Å²) in [4.78, 5) is 31.6. The van der Waals surface area contributed by atoms with Gasteiger partial charge in [0.1, 0.15) is 17.9 Å². The topological polar surface area (TPSA) is 106 Å². The smallest absolute Gasteiger partial charge is 0.257 e. The van der Waals surface area contributed by atoms with Gasteiger partial charge in [0.15, 0.2) is 5.13 Å². The number of anilines is 1. The summed E-state index contributed by atoms with van der Waals surface area (Å²) in [7, 11) is 0. The molecule has 2 aromatic heterocycles. The Morgan fingerprint density at radius 2 is 1.90 bits per heavy atom. The first-order chi connectivity index (χ1) is 15.0. The number of aryl methyl sites for hydroxylation is 1. The number of carbonyl (C=O) groups is 2. The van der Waals surface area contributed by atoms with Crippen LogP contribution in [0.25, 0.3) is 0 Å². The number of aromatic nitrogens is 2. The number of hydrogen-bond acceptors (Lipinski definition) is 7. The molecule has 1 aliphatic carbocycles. The van der Waals surface area contributed by atoms with Gasteiger partial charge in [-0.3, -0.25) is 9.59 Å². The van der Waals surface area contributed by atoms with E-state index in [2.05, 4.69) is 27.7 Å². The molecule has 8 nitrogen and oxygen atoms in total. The van der Waals surface area contributed by atoms with Gasteiger partial charge in [-0.15, -0.1) is 11.3 Å². The van der Waals surface area contributed by atoms with Crippen LogP contribution in [-0.2, 0) is 9.53 Å². The van der Waals surface area contributed by atoms with Gasteiger partial charge in [0.2, 0.25) is 5.91 Å². The fourth-order valence-corrected chi connectivity index (χ4v) is 5.43. The maximum absolute atomic E-state index is 13.3. The third-order valence-electron chi connectivity index (χ3n) is 6.47. The van der Waals surface area contributed by atoms with Crippen LogP contribution < -0.4 is 10.6 Å². The molecule has 3 heterocycles. The molecule has 1 atom stereocenters. The first kappa shape index (κ1) is 22.0. The second-order valence-electron chi connectivity index (χ2n) is 8.73. The molecule has 2 amide bonds. The van der Waals surface area contributed by atoms with Crippen LogP contribution in [0.1, 0.15) is 72.3 Å². The summed E-state index contributed by atoms with van der Waals surface area (Å²) in [6, 6.07) is -0.621. The van der Waals surface area contributed by atoms with Crippen molar-refractivity contribution in [1.82, 2.24) is 15.5 Å². The lowest BCUT2D eigenvalue weighted by Gasteiger charge is -2.32. The van der Waals surface area contributed by atoms with Gasteiger partial charge < -0.3 is 19.9 Å². The number of carbonyl (C=O) groups excluding carboxylic acids is 2. The zero-order chi connectivity index (χ0) is 21.8. The fourth-order valence-electron chi connectivity index (χ4n) is 4.44. The fraction of sp³-hybridized carbons (Fsp3) is 0.636. The molecular weight excluding hydrogens is 416 g/mol. The molecule has 2 aliphatic rings. The quantitative estimate of drug-likeness (QED) is 0.697. The highest BCUT2D eigenvalue weighted by molar-refractivity contribution is 7.15. The van der Waals surface area contributed by atoms with Crippen LogP contribution in [0, 0.1) is 18.8 Å². The van der Waals surface area contributed by atoms with Crippen LogP contribution in [0.15, 0.2) is 17.0 Å².